The number of para-hydroxylation sites is 2. The summed E-state index contributed by atoms with van der Waals surface area (Å²) in [7, 11) is 0. The Hall–Kier alpha value is -3.02. The van der Waals surface area contributed by atoms with Crippen LogP contribution in [-0.4, -0.2) is 60.0 Å². The fourth-order valence-corrected chi connectivity index (χ4v) is 4.57. The van der Waals surface area contributed by atoms with Gasteiger partial charge in [0.25, 0.3) is 11.8 Å². The molecule has 1 saturated heterocycles. The third-order valence-electron chi connectivity index (χ3n) is 7.33. The van der Waals surface area contributed by atoms with Crippen molar-refractivity contribution < 1.29 is 19.1 Å². The first kappa shape index (κ1) is 27.6. The summed E-state index contributed by atoms with van der Waals surface area (Å²) in [6, 6.07) is 15.9. The summed E-state index contributed by atoms with van der Waals surface area (Å²) in [5, 5.41) is 0. The van der Waals surface area contributed by atoms with Crippen molar-refractivity contribution in [1.82, 2.24) is 9.80 Å². The number of rotatable bonds is 10. The molecule has 6 heteroatoms. The second kappa shape index (κ2) is 12.8. The van der Waals surface area contributed by atoms with E-state index in [1.807, 2.05) is 36.4 Å². The second-order valence-electron chi connectivity index (χ2n) is 9.86. The molecule has 196 valence electrons. The van der Waals surface area contributed by atoms with E-state index in [9.17, 15) is 9.59 Å². The van der Waals surface area contributed by atoms with Crippen molar-refractivity contribution in [1.29, 1.82) is 0 Å². The number of hydrogen-bond acceptors (Lipinski definition) is 4. The summed E-state index contributed by atoms with van der Waals surface area (Å²) in [4.78, 5) is 29.8. The largest absolute Gasteiger partial charge is 0.481 e. The Morgan fingerprint density at radius 1 is 0.667 bits per heavy atom. The van der Waals surface area contributed by atoms with E-state index in [-0.39, 0.29) is 11.8 Å². The van der Waals surface area contributed by atoms with Gasteiger partial charge in [0.2, 0.25) is 0 Å². The van der Waals surface area contributed by atoms with E-state index < -0.39 is 12.2 Å². The first-order chi connectivity index (χ1) is 17.3. The maximum Gasteiger partial charge on any atom is 0.263 e. The molecule has 2 aromatic carbocycles. The Morgan fingerprint density at radius 3 is 1.33 bits per heavy atom. The quantitative estimate of drug-likeness (QED) is 0.430. The molecule has 3 rings (SSSR count). The first-order valence-corrected chi connectivity index (χ1v) is 13.3. The van der Waals surface area contributed by atoms with Crippen LogP contribution in [0.3, 0.4) is 0 Å². The fraction of sp³-hybridized carbons (Fsp3) is 0.533. The Balaban J connectivity index is 1.55. The lowest BCUT2D eigenvalue weighted by molar-refractivity contribution is -0.146. The van der Waals surface area contributed by atoms with Gasteiger partial charge in [-0.3, -0.25) is 9.59 Å². The number of piperazine rings is 1. The zero-order valence-corrected chi connectivity index (χ0v) is 22.7. The third kappa shape index (κ3) is 6.59. The molecule has 2 amide bonds. The maximum atomic E-state index is 13.1. The monoisotopic (exact) mass is 494 g/mol. The number of nitrogens with zero attached hydrogens (tertiary/aromatic N) is 2. The van der Waals surface area contributed by atoms with Crippen molar-refractivity contribution in [3.8, 4) is 11.5 Å². The molecule has 2 aromatic rings. The van der Waals surface area contributed by atoms with Gasteiger partial charge in [0.15, 0.2) is 12.2 Å². The molecule has 4 unspecified atom stereocenters. The summed E-state index contributed by atoms with van der Waals surface area (Å²) >= 11 is 0. The van der Waals surface area contributed by atoms with Gasteiger partial charge in [0, 0.05) is 26.2 Å². The highest BCUT2D eigenvalue weighted by Crippen LogP contribution is 2.30. The molecule has 1 aliphatic rings. The summed E-state index contributed by atoms with van der Waals surface area (Å²) in [6.07, 6.45) is 0.835. The predicted molar refractivity (Wildman–Crippen MR) is 144 cm³/mol. The molecule has 1 fully saturated rings. The van der Waals surface area contributed by atoms with Gasteiger partial charge in [0.1, 0.15) is 11.5 Å². The molecule has 0 aliphatic carbocycles. The number of hydrogen-bond donors (Lipinski definition) is 0. The smallest absolute Gasteiger partial charge is 0.263 e. The van der Waals surface area contributed by atoms with Gasteiger partial charge in [-0.15, -0.1) is 0 Å². The minimum Gasteiger partial charge on any atom is -0.481 e. The fourth-order valence-electron chi connectivity index (χ4n) is 4.57. The molecule has 1 heterocycles. The van der Waals surface area contributed by atoms with E-state index in [2.05, 4.69) is 39.8 Å². The SMILES string of the molecule is CCC(C)c1ccccc1OC(C)C(=O)N1CCN(C(=O)C(C)Oc2ccccc2C(C)CC)CC1. The van der Waals surface area contributed by atoms with Crippen LogP contribution in [0.2, 0.25) is 0 Å². The molecule has 0 bridgehead atoms. The highest BCUT2D eigenvalue weighted by atomic mass is 16.5. The van der Waals surface area contributed by atoms with E-state index in [1.165, 1.54) is 0 Å². The molecule has 0 saturated carbocycles. The number of benzene rings is 2. The van der Waals surface area contributed by atoms with Gasteiger partial charge in [-0.1, -0.05) is 64.1 Å². The molecule has 0 N–H and O–H groups in total. The zero-order chi connectivity index (χ0) is 26.2. The molecule has 4 atom stereocenters. The second-order valence-corrected chi connectivity index (χ2v) is 9.86. The third-order valence-corrected chi connectivity index (χ3v) is 7.33. The lowest BCUT2D eigenvalue weighted by Crippen LogP contribution is -2.55. The summed E-state index contributed by atoms with van der Waals surface area (Å²) < 4.78 is 12.2. The van der Waals surface area contributed by atoms with E-state index in [4.69, 9.17) is 9.47 Å². The van der Waals surface area contributed by atoms with Gasteiger partial charge >= 0.3 is 0 Å². The van der Waals surface area contributed by atoms with Gasteiger partial charge in [-0.2, -0.15) is 0 Å². The van der Waals surface area contributed by atoms with Crippen molar-refractivity contribution >= 4 is 11.8 Å². The molecule has 0 aromatic heterocycles. The molecule has 1 aliphatic heterocycles. The Labute approximate surface area is 216 Å². The van der Waals surface area contributed by atoms with E-state index in [0.717, 1.165) is 35.5 Å². The van der Waals surface area contributed by atoms with Crippen LogP contribution in [0.25, 0.3) is 0 Å². The van der Waals surface area contributed by atoms with Crippen LogP contribution < -0.4 is 9.47 Å². The number of ether oxygens (including phenoxy) is 2. The predicted octanol–water partition coefficient (Wildman–Crippen LogP) is 5.62. The average molecular weight is 495 g/mol. The summed E-state index contributed by atoms with van der Waals surface area (Å²) in [5.41, 5.74) is 2.25. The lowest BCUT2D eigenvalue weighted by atomic mass is 9.98. The molecular formula is C30H42N2O4. The normalized spacial score (nSPS) is 17.2. The van der Waals surface area contributed by atoms with Crippen molar-refractivity contribution in [2.24, 2.45) is 0 Å². The number of carbonyl (C=O) groups excluding carboxylic acids is 2. The molecule has 6 nitrogen and oxygen atoms in total. The van der Waals surface area contributed by atoms with Gasteiger partial charge in [0.05, 0.1) is 0 Å². The van der Waals surface area contributed by atoms with Crippen LogP contribution in [0.1, 0.15) is 77.3 Å². The van der Waals surface area contributed by atoms with Crippen molar-refractivity contribution in [3.05, 3.63) is 59.7 Å². The van der Waals surface area contributed by atoms with E-state index >= 15 is 0 Å². The van der Waals surface area contributed by atoms with E-state index in [0.29, 0.717) is 38.0 Å². The highest BCUT2D eigenvalue weighted by molar-refractivity contribution is 5.83. The zero-order valence-electron chi connectivity index (χ0n) is 22.7. The summed E-state index contributed by atoms with van der Waals surface area (Å²) in [6.45, 7) is 14.2. The topological polar surface area (TPSA) is 59.1 Å². The minimum absolute atomic E-state index is 0.0483. The van der Waals surface area contributed by atoms with Gasteiger partial charge in [-0.05, 0) is 61.8 Å². The lowest BCUT2D eigenvalue weighted by Gasteiger charge is -2.37. The van der Waals surface area contributed by atoms with Crippen LogP contribution in [0.5, 0.6) is 11.5 Å². The van der Waals surface area contributed by atoms with Crippen LogP contribution in [0, 0.1) is 0 Å². The highest BCUT2D eigenvalue weighted by Gasteiger charge is 2.31. The minimum atomic E-state index is -0.586. The average Bonchev–Trinajstić information content (AvgIpc) is 2.91. The molecular weight excluding hydrogens is 452 g/mol. The van der Waals surface area contributed by atoms with Gasteiger partial charge in [-0.25, -0.2) is 0 Å². The van der Waals surface area contributed by atoms with E-state index in [1.54, 1.807) is 23.6 Å². The van der Waals surface area contributed by atoms with Crippen LogP contribution in [0.4, 0.5) is 0 Å². The van der Waals surface area contributed by atoms with Crippen LogP contribution in [-0.2, 0) is 9.59 Å². The molecule has 0 radical (unpaired) electrons. The Morgan fingerprint density at radius 2 is 1.00 bits per heavy atom. The van der Waals surface area contributed by atoms with Crippen molar-refractivity contribution in [2.75, 3.05) is 26.2 Å². The molecule has 36 heavy (non-hydrogen) atoms. The standard InChI is InChI=1S/C30H42N2O4/c1-7-21(3)25-13-9-11-15-27(25)35-23(5)29(33)31-17-19-32(20-18-31)30(34)24(6)36-28-16-12-10-14-26(28)22(4)8-2/h9-16,21-24H,7-8,17-20H2,1-6H3. The van der Waals surface area contributed by atoms with Crippen molar-refractivity contribution in [2.45, 2.75) is 78.4 Å². The number of amides is 2. The van der Waals surface area contributed by atoms with Crippen molar-refractivity contribution in [3.63, 3.8) is 0 Å². The molecule has 0 spiro atoms. The first-order valence-electron chi connectivity index (χ1n) is 13.3. The number of carbonyl (C=O) groups is 2. The Bertz CT molecular complexity index is 934. The Kier molecular flexibility index (Phi) is 9.80. The van der Waals surface area contributed by atoms with Crippen LogP contribution in [0.15, 0.2) is 48.5 Å². The van der Waals surface area contributed by atoms with Crippen LogP contribution >= 0.6 is 0 Å². The maximum absolute atomic E-state index is 13.1. The van der Waals surface area contributed by atoms with Gasteiger partial charge < -0.3 is 19.3 Å². The summed E-state index contributed by atoms with van der Waals surface area (Å²) in [5.74, 6) is 2.16.